The van der Waals surface area contributed by atoms with Crippen LogP contribution in [0.15, 0.2) is 77.0 Å². The number of thiophene rings is 1. The van der Waals surface area contributed by atoms with Crippen LogP contribution >= 0.6 is 11.3 Å². The number of methoxy groups -OCH3 is 1. The highest BCUT2D eigenvalue weighted by Gasteiger charge is 2.20. The fourth-order valence-corrected chi connectivity index (χ4v) is 5.08. The highest BCUT2D eigenvalue weighted by molar-refractivity contribution is 7.92. The first-order chi connectivity index (χ1) is 15.9. The summed E-state index contributed by atoms with van der Waals surface area (Å²) in [6.07, 6.45) is 0. The van der Waals surface area contributed by atoms with E-state index in [0.717, 1.165) is 17.0 Å². The van der Waals surface area contributed by atoms with E-state index in [-0.39, 0.29) is 11.4 Å². The lowest BCUT2D eigenvalue weighted by Crippen LogP contribution is -2.14. The molecule has 166 valence electrons. The number of nitrogens with one attached hydrogen (secondary N) is 1. The van der Waals surface area contributed by atoms with E-state index in [9.17, 15) is 12.8 Å². The molecule has 0 saturated carbocycles. The van der Waals surface area contributed by atoms with Gasteiger partial charge in [-0.2, -0.15) is 9.61 Å². The second-order valence-corrected chi connectivity index (χ2v) is 9.57. The predicted molar refractivity (Wildman–Crippen MR) is 123 cm³/mol. The molecule has 0 fully saturated rings. The Bertz CT molecular complexity index is 1570. The van der Waals surface area contributed by atoms with Gasteiger partial charge >= 0.3 is 0 Å². The fourth-order valence-electron chi connectivity index (χ4n) is 3.28. The molecule has 0 spiro atoms. The van der Waals surface area contributed by atoms with Gasteiger partial charge in [0.15, 0.2) is 11.5 Å². The molecule has 0 amide bonds. The Balaban J connectivity index is 1.48. The van der Waals surface area contributed by atoms with Crippen LogP contribution in [-0.2, 0) is 10.0 Å². The summed E-state index contributed by atoms with van der Waals surface area (Å²) in [5, 5.41) is 15.0. The molecule has 0 unspecified atom stereocenters. The van der Waals surface area contributed by atoms with Crippen molar-refractivity contribution in [1.29, 1.82) is 0 Å². The van der Waals surface area contributed by atoms with E-state index >= 15 is 0 Å². The van der Waals surface area contributed by atoms with E-state index in [4.69, 9.17) is 4.74 Å². The van der Waals surface area contributed by atoms with Crippen molar-refractivity contribution >= 4 is 32.7 Å². The molecular weight excluding hydrogens is 465 g/mol. The third-order valence-electron chi connectivity index (χ3n) is 4.84. The van der Waals surface area contributed by atoms with Crippen LogP contribution < -0.4 is 9.46 Å². The number of hydrogen-bond donors (Lipinski definition) is 1. The number of benzene rings is 2. The molecule has 0 atom stereocenters. The van der Waals surface area contributed by atoms with E-state index in [1.807, 2.05) is 17.5 Å². The van der Waals surface area contributed by atoms with Crippen molar-refractivity contribution in [3.05, 3.63) is 77.9 Å². The minimum Gasteiger partial charge on any atom is -0.497 e. The second-order valence-electron chi connectivity index (χ2n) is 6.97. The van der Waals surface area contributed by atoms with Gasteiger partial charge in [0.1, 0.15) is 16.5 Å². The van der Waals surface area contributed by atoms with E-state index in [0.29, 0.717) is 22.7 Å². The number of sulfonamides is 1. The van der Waals surface area contributed by atoms with E-state index < -0.39 is 20.7 Å². The molecule has 0 aliphatic rings. The topological polar surface area (TPSA) is 98.5 Å². The van der Waals surface area contributed by atoms with Crippen LogP contribution in [0, 0.1) is 5.82 Å². The average molecular weight is 482 g/mol. The van der Waals surface area contributed by atoms with Gasteiger partial charge in [0.25, 0.3) is 10.0 Å². The van der Waals surface area contributed by atoms with Crippen LogP contribution in [0.3, 0.4) is 0 Å². The van der Waals surface area contributed by atoms with Gasteiger partial charge in [0.05, 0.1) is 17.7 Å². The van der Waals surface area contributed by atoms with Crippen molar-refractivity contribution < 1.29 is 17.5 Å². The number of aromatic nitrogens is 4. The Morgan fingerprint density at radius 2 is 1.91 bits per heavy atom. The maximum Gasteiger partial charge on any atom is 0.264 e. The lowest BCUT2D eigenvalue weighted by atomic mass is 10.1. The zero-order valence-electron chi connectivity index (χ0n) is 17.1. The van der Waals surface area contributed by atoms with Gasteiger partial charge in [0.2, 0.25) is 0 Å². The van der Waals surface area contributed by atoms with Crippen molar-refractivity contribution in [1.82, 2.24) is 19.8 Å². The summed E-state index contributed by atoms with van der Waals surface area (Å²) in [5.74, 6) is -0.0571. The molecule has 3 heterocycles. The first-order valence-corrected chi connectivity index (χ1v) is 12.0. The highest BCUT2D eigenvalue weighted by atomic mass is 32.2. The zero-order valence-corrected chi connectivity index (χ0v) is 18.8. The van der Waals surface area contributed by atoms with Crippen LogP contribution in [0.1, 0.15) is 0 Å². The van der Waals surface area contributed by atoms with Crippen LogP contribution in [-0.4, -0.2) is 35.3 Å². The zero-order chi connectivity index (χ0) is 23.0. The number of hydrogen-bond acceptors (Lipinski definition) is 7. The number of rotatable bonds is 6. The van der Waals surface area contributed by atoms with Gasteiger partial charge < -0.3 is 4.74 Å². The van der Waals surface area contributed by atoms with E-state index in [1.165, 1.54) is 24.5 Å². The maximum absolute atomic E-state index is 14.3. The normalized spacial score (nSPS) is 11.6. The first kappa shape index (κ1) is 21.0. The van der Waals surface area contributed by atoms with Crippen molar-refractivity contribution in [2.45, 2.75) is 4.90 Å². The number of halogens is 1. The lowest BCUT2D eigenvalue weighted by molar-refractivity contribution is 0.410. The van der Waals surface area contributed by atoms with Crippen LogP contribution in [0.4, 0.5) is 10.1 Å². The van der Waals surface area contributed by atoms with Crippen molar-refractivity contribution in [2.24, 2.45) is 0 Å². The smallest absolute Gasteiger partial charge is 0.264 e. The van der Waals surface area contributed by atoms with Gasteiger partial charge in [-0.1, -0.05) is 18.2 Å². The van der Waals surface area contributed by atoms with E-state index in [1.54, 1.807) is 40.9 Å². The SMILES string of the molecule is COc1ccc(S(=O)(=O)Nc2cccc(-c3ccc4nnc(-c5cccs5)n4n3)c2)c(F)c1. The Labute approximate surface area is 192 Å². The number of nitrogens with zero attached hydrogens (tertiary/aromatic N) is 4. The monoisotopic (exact) mass is 481 g/mol. The predicted octanol–water partition coefficient (Wildman–Crippen LogP) is 4.47. The highest BCUT2D eigenvalue weighted by Crippen LogP contribution is 2.27. The summed E-state index contributed by atoms with van der Waals surface area (Å²) in [6, 6.07) is 17.7. The van der Waals surface area contributed by atoms with Gasteiger partial charge in [-0.05, 0) is 47.8 Å². The molecule has 2 aromatic carbocycles. The Morgan fingerprint density at radius 3 is 2.67 bits per heavy atom. The average Bonchev–Trinajstić information content (AvgIpc) is 3.48. The molecule has 0 aliphatic heterocycles. The third-order valence-corrected chi connectivity index (χ3v) is 7.12. The Morgan fingerprint density at radius 1 is 1.03 bits per heavy atom. The van der Waals surface area contributed by atoms with Crippen molar-refractivity contribution in [3.8, 4) is 27.7 Å². The summed E-state index contributed by atoms with van der Waals surface area (Å²) < 4.78 is 48.8. The molecule has 0 saturated heterocycles. The number of fused-ring (bicyclic) bond motifs is 1. The summed E-state index contributed by atoms with van der Waals surface area (Å²) in [6.45, 7) is 0. The molecule has 5 rings (SSSR count). The molecule has 1 N–H and O–H groups in total. The molecule has 3 aromatic heterocycles. The quantitative estimate of drug-likeness (QED) is 0.384. The summed E-state index contributed by atoms with van der Waals surface area (Å²) >= 11 is 1.53. The van der Waals surface area contributed by atoms with Gasteiger partial charge in [-0.15, -0.1) is 21.5 Å². The number of ether oxygens (including phenoxy) is 1. The molecule has 8 nitrogen and oxygen atoms in total. The van der Waals surface area contributed by atoms with Crippen molar-refractivity contribution in [2.75, 3.05) is 11.8 Å². The molecular formula is C22H16FN5O3S2. The largest absolute Gasteiger partial charge is 0.497 e. The molecule has 5 aromatic rings. The van der Waals surface area contributed by atoms with E-state index in [2.05, 4.69) is 20.0 Å². The fraction of sp³-hybridized carbons (Fsp3) is 0.0455. The van der Waals surface area contributed by atoms with Gasteiger partial charge in [-0.25, -0.2) is 12.8 Å². The van der Waals surface area contributed by atoms with Crippen LogP contribution in [0.2, 0.25) is 0 Å². The first-order valence-electron chi connectivity index (χ1n) is 9.68. The standard InChI is InChI=1S/C22H16FN5O3S2/c1-31-16-7-9-20(17(23)13-16)33(29,30)27-15-5-2-4-14(12-15)18-8-10-21-24-25-22(28(21)26-18)19-6-3-11-32-19/h2-13,27H,1H3. The second kappa shape index (κ2) is 8.26. The van der Waals surface area contributed by atoms with Crippen LogP contribution in [0.5, 0.6) is 5.75 Å². The van der Waals surface area contributed by atoms with Gasteiger partial charge in [-0.3, -0.25) is 4.72 Å². The Kier molecular flexibility index (Phi) is 5.27. The molecule has 0 bridgehead atoms. The molecule has 0 aliphatic carbocycles. The summed E-state index contributed by atoms with van der Waals surface area (Å²) in [4.78, 5) is 0.452. The van der Waals surface area contributed by atoms with Crippen molar-refractivity contribution in [3.63, 3.8) is 0 Å². The van der Waals surface area contributed by atoms with Gasteiger partial charge in [0, 0.05) is 17.3 Å². The van der Waals surface area contributed by atoms with Crippen LogP contribution in [0.25, 0.3) is 27.6 Å². The number of anilines is 1. The molecule has 33 heavy (non-hydrogen) atoms. The minimum absolute atomic E-state index is 0.228. The minimum atomic E-state index is -4.15. The maximum atomic E-state index is 14.3. The third kappa shape index (κ3) is 4.03. The summed E-state index contributed by atoms with van der Waals surface area (Å²) in [7, 11) is -2.78. The molecule has 0 radical (unpaired) electrons. The lowest BCUT2D eigenvalue weighted by Gasteiger charge is -2.11. The Hall–Kier alpha value is -3.83. The summed E-state index contributed by atoms with van der Waals surface area (Å²) in [5.41, 5.74) is 2.12. The molecule has 11 heteroatoms.